The van der Waals surface area contributed by atoms with Crippen molar-refractivity contribution in [3.8, 4) is 5.75 Å². The zero-order chi connectivity index (χ0) is 21.1. The van der Waals surface area contributed by atoms with Crippen LogP contribution in [0.25, 0.3) is 0 Å². The highest BCUT2D eigenvalue weighted by Gasteiger charge is 2.49. The van der Waals surface area contributed by atoms with Gasteiger partial charge in [0.1, 0.15) is 0 Å². The quantitative estimate of drug-likeness (QED) is 0.310. The lowest BCUT2D eigenvalue weighted by atomic mass is 9.95. The third-order valence-electron chi connectivity index (χ3n) is 3.82. The van der Waals surface area contributed by atoms with Gasteiger partial charge in [-0.1, -0.05) is 30.3 Å². The van der Waals surface area contributed by atoms with Crippen LogP contribution in [-0.4, -0.2) is 32.8 Å². The van der Waals surface area contributed by atoms with Crippen LogP contribution >= 0.6 is 0 Å². The Morgan fingerprint density at radius 3 is 2.29 bits per heavy atom. The molecule has 0 spiro atoms. The van der Waals surface area contributed by atoms with Crippen molar-refractivity contribution < 1.29 is 40.1 Å². The molecule has 0 aromatic heterocycles. The standard InChI is InChI=1S/C18H15F3O6S/c1-11(17(23)26-2)12-6-5-7-13(10-12)16(22)14-8-3-4-9-15(14)27-28(24,25)18(19,20)21/h3-11H,1-2H3. The van der Waals surface area contributed by atoms with Crippen molar-refractivity contribution in [2.75, 3.05) is 7.11 Å². The topological polar surface area (TPSA) is 86.7 Å². The van der Waals surface area contributed by atoms with E-state index in [2.05, 4.69) is 8.92 Å². The molecular weight excluding hydrogens is 401 g/mol. The highest BCUT2D eigenvalue weighted by molar-refractivity contribution is 7.88. The molecule has 10 heteroatoms. The normalized spacial score (nSPS) is 12.9. The van der Waals surface area contributed by atoms with Crippen LogP contribution < -0.4 is 4.18 Å². The van der Waals surface area contributed by atoms with Gasteiger partial charge in [-0.25, -0.2) is 0 Å². The van der Waals surface area contributed by atoms with Crippen molar-refractivity contribution in [2.24, 2.45) is 0 Å². The summed E-state index contributed by atoms with van der Waals surface area (Å²) in [5.41, 5.74) is -5.54. The Morgan fingerprint density at radius 1 is 1.04 bits per heavy atom. The Morgan fingerprint density at radius 2 is 1.68 bits per heavy atom. The maximum atomic E-state index is 12.7. The second-order valence-electron chi connectivity index (χ2n) is 5.68. The molecule has 1 unspecified atom stereocenters. The van der Waals surface area contributed by atoms with E-state index >= 15 is 0 Å². The van der Waals surface area contributed by atoms with E-state index < -0.39 is 39.0 Å². The molecule has 6 nitrogen and oxygen atoms in total. The number of carbonyl (C=O) groups is 2. The molecule has 28 heavy (non-hydrogen) atoms. The summed E-state index contributed by atoms with van der Waals surface area (Å²) in [6, 6.07) is 10.5. The molecule has 2 aromatic carbocycles. The van der Waals surface area contributed by atoms with Crippen LogP contribution in [0.5, 0.6) is 5.75 Å². The summed E-state index contributed by atoms with van der Waals surface area (Å²) in [4.78, 5) is 24.4. The van der Waals surface area contributed by atoms with Gasteiger partial charge >= 0.3 is 21.6 Å². The predicted octanol–water partition coefficient (Wildman–Crippen LogP) is 3.42. The van der Waals surface area contributed by atoms with Crippen molar-refractivity contribution in [3.63, 3.8) is 0 Å². The number of rotatable bonds is 6. The number of halogens is 3. The van der Waals surface area contributed by atoms with Crippen LogP contribution in [-0.2, 0) is 19.6 Å². The number of ether oxygens (including phenoxy) is 1. The molecular formula is C18H15F3O6S. The Kier molecular flexibility index (Phi) is 6.13. The number of benzene rings is 2. The molecule has 0 radical (unpaired) electrons. The first-order valence-electron chi connectivity index (χ1n) is 7.80. The molecule has 0 aliphatic heterocycles. The predicted molar refractivity (Wildman–Crippen MR) is 92.4 cm³/mol. The molecule has 0 heterocycles. The zero-order valence-electron chi connectivity index (χ0n) is 14.7. The summed E-state index contributed by atoms with van der Waals surface area (Å²) in [5, 5.41) is 0. The van der Waals surface area contributed by atoms with E-state index in [1.807, 2.05) is 0 Å². The van der Waals surface area contributed by atoms with Crippen LogP contribution in [0.4, 0.5) is 13.2 Å². The monoisotopic (exact) mass is 416 g/mol. The molecule has 0 bridgehead atoms. The van der Waals surface area contributed by atoms with Crippen molar-refractivity contribution >= 4 is 21.9 Å². The van der Waals surface area contributed by atoms with Crippen LogP contribution in [0.3, 0.4) is 0 Å². The summed E-state index contributed by atoms with van der Waals surface area (Å²) in [6.07, 6.45) is 0. The molecule has 2 rings (SSSR count). The average Bonchev–Trinajstić information content (AvgIpc) is 2.65. The lowest BCUT2D eigenvalue weighted by Crippen LogP contribution is -2.28. The van der Waals surface area contributed by atoms with Crippen molar-refractivity contribution in [3.05, 3.63) is 65.2 Å². The number of para-hydroxylation sites is 1. The van der Waals surface area contributed by atoms with E-state index in [-0.39, 0.29) is 11.1 Å². The first-order valence-corrected chi connectivity index (χ1v) is 9.21. The largest absolute Gasteiger partial charge is 0.534 e. The third-order valence-corrected chi connectivity index (χ3v) is 4.78. The highest BCUT2D eigenvalue weighted by Crippen LogP contribution is 2.30. The van der Waals surface area contributed by atoms with Gasteiger partial charge in [-0.2, -0.15) is 21.6 Å². The van der Waals surface area contributed by atoms with Gasteiger partial charge in [-0.15, -0.1) is 0 Å². The lowest BCUT2D eigenvalue weighted by molar-refractivity contribution is -0.142. The summed E-state index contributed by atoms with van der Waals surface area (Å²) < 4.78 is 69.1. The average molecular weight is 416 g/mol. The zero-order valence-corrected chi connectivity index (χ0v) is 15.5. The molecule has 2 aromatic rings. The van der Waals surface area contributed by atoms with Gasteiger partial charge in [-0.3, -0.25) is 9.59 Å². The smallest absolute Gasteiger partial charge is 0.469 e. The molecule has 0 N–H and O–H groups in total. The van der Waals surface area contributed by atoms with Crippen molar-refractivity contribution in [2.45, 2.75) is 18.3 Å². The number of methoxy groups -OCH3 is 1. The highest BCUT2D eigenvalue weighted by atomic mass is 32.2. The fourth-order valence-electron chi connectivity index (χ4n) is 2.31. The Balaban J connectivity index is 2.43. The van der Waals surface area contributed by atoms with Gasteiger partial charge < -0.3 is 8.92 Å². The summed E-state index contributed by atoms with van der Waals surface area (Å²) in [6.45, 7) is 1.56. The van der Waals surface area contributed by atoms with Gasteiger partial charge in [0.15, 0.2) is 11.5 Å². The van der Waals surface area contributed by atoms with Crippen molar-refractivity contribution in [1.82, 2.24) is 0 Å². The van der Waals surface area contributed by atoms with E-state index in [1.165, 1.54) is 37.4 Å². The number of hydrogen-bond acceptors (Lipinski definition) is 6. The molecule has 0 saturated carbocycles. The first-order chi connectivity index (χ1) is 13.0. The SMILES string of the molecule is COC(=O)C(C)c1cccc(C(=O)c2ccccc2OS(=O)(=O)C(F)(F)F)c1. The van der Waals surface area contributed by atoms with E-state index in [9.17, 15) is 31.2 Å². The number of esters is 1. The third kappa shape index (κ3) is 4.50. The fraction of sp³-hybridized carbons (Fsp3) is 0.222. The minimum Gasteiger partial charge on any atom is -0.469 e. The second-order valence-corrected chi connectivity index (χ2v) is 7.22. The van der Waals surface area contributed by atoms with Gasteiger partial charge in [-0.05, 0) is 30.7 Å². The molecule has 0 aliphatic rings. The Hall–Kier alpha value is -2.88. The van der Waals surface area contributed by atoms with Crippen LogP contribution in [0.15, 0.2) is 48.5 Å². The van der Waals surface area contributed by atoms with Gasteiger partial charge in [0, 0.05) is 5.56 Å². The summed E-state index contributed by atoms with van der Waals surface area (Å²) in [7, 11) is -4.73. The second kappa shape index (κ2) is 8.01. The van der Waals surface area contributed by atoms with Crippen molar-refractivity contribution in [1.29, 1.82) is 0 Å². The van der Waals surface area contributed by atoms with Gasteiger partial charge in [0.2, 0.25) is 0 Å². The molecule has 1 atom stereocenters. The molecule has 0 amide bonds. The van der Waals surface area contributed by atoms with E-state index in [0.29, 0.717) is 5.56 Å². The molecule has 0 aliphatic carbocycles. The number of alkyl halides is 3. The Bertz CT molecular complexity index is 998. The van der Waals surface area contributed by atoms with Gasteiger partial charge in [0.05, 0.1) is 18.6 Å². The first kappa shape index (κ1) is 21.4. The van der Waals surface area contributed by atoms with Gasteiger partial charge in [0.25, 0.3) is 0 Å². The molecule has 0 saturated heterocycles. The summed E-state index contributed by atoms with van der Waals surface area (Å²) >= 11 is 0. The van der Waals surface area contributed by atoms with Crippen LogP contribution in [0, 0.1) is 0 Å². The number of ketones is 1. The summed E-state index contributed by atoms with van der Waals surface area (Å²) in [5.74, 6) is -2.75. The number of carbonyl (C=O) groups excluding carboxylic acids is 2. The maximum absolute atomic E-state index is 12.7. The van der Waals surface area contributed by atoms with Crippen LogP contribution in [0.1, 0.15) is 34.3 Å². The minimum absolute atomic E-state index is 0.0358. The van der Waals surface area contributed by atoms with Crippen LogP contribution in [0.2, 0.25) is 0 Å². The lowest BCUT2D eigenvalue weighted by Gasteiger charge is -2.13. The fourth-order valence-corrected chi connectivity index (χ4v) is 2.79. The van der Waals surface area contributed by atoms with E-state index in [1.54, 1.807) is 13.0 Å². The van der Waals surface area contributed by atoms with E-state index in [4.69, 9.17) is 0 Å². The number of hydrogen-bond donors (Lipinski definition) is 0. The minimum atomic E-state index is -5.94. The van der Waals surface area contributed by atoms with E-state index in [0.717, 1.165) is 12.1 Å². The maximum Gasteiger partial charge on any atom is 0.534 e. The Labute approximate surface area is 159 Å². The molecule has 0 fully saturated rings. The molecule has 150 valence electrons.